The number of allylic oxidation sites excluding steroid dienone is 1. The van der Waals surface area contributed by atoms with Crippen LogP contribution in [0.3, 0.4) is 0 Å². The number of carbonyl (C=O) groups excluding carboxylic acids is 1. The molecule has 1 aliphatic heterocycles. The van der Waals surface area contributed by atoms with Crippen molar-refractivity contribution < 1.29 is 4.79 Å². The van der Waals surface area contributed by atoms with E-state index in [2.05, 4.69) is 17.6 Å². The Hall–Kier alpha value is -0.540. The van der Waals surface area contributed by atoms with Crippen molar-refractivity contribution >= 4 is 18.3 Å². The summed E-state index contributed by atoms with van der Waals surface area (Å²) in [6.07, 6.45) is 2.88. The predicted octanol–water partition coefficient (Wildman–Crippen LogP) is 1.49. The molecule has 1 heterocycles. The Labute approximate surface area is 98.1 Å². The zero-order chi connectivity index (χ0) is 10.6. The van der Waals surface area contributed by atoms with Gasteiger partial charge in [0.25, 0.3) is 0 Å². The van der Waals surface area contributed by atoms with Gasteiger partial charge in [-0.2, -0.15) is 0 Å². The highest BCUT2D eigenvalue weighted by atomic mass is 35.5. The Kier molecular flexibility index (Phi) is 6.61. The van der Waals surface area contributed by atoms with Gasteiger partial charge in [0.2, 0.25) is 5.91 Å². The SMILES string of the molecule is C/C=C(/C)C(=O)NC1CCNCC1C.Cl. The van der Waals surface area contributed by atoms with E-state index in [1.807, 2.05) is 19.9 Å². The summed E-state index contributed by atoms with van der Waals surface area (Å²) >= 11 is 0. The topological polar surface area (TPSA) is 41.1 Å². The summed E-state index contributed by atoms with van der Waals surface area (Å²) in [6, 6.07) is 0.332. The van der Waals surface area contributed by atoms with E-state index in [0.29, 0.717) is 12.0 Å². The van der Waals surface area contributed by atoms with Gasteiger partial charge in [0.1, 0.15) is 0 Å². The average Bonchev–Trinajstić information content (AvgIpc) is 2.20. The van der Waals surface area contributed by atoms with Gasteiger partial charge < -0.3 is 10.6 Å². The molecule has 0 spiro atoms. The second kappa shape index (κ2) is 6.85. The maximum atomic E-state index is 11.6. The summed E-state index contributed by atoms with van der Waals surface area (Å²) < 4.78 is 0. The lowest BCUT2D eigenvalue weighted by atomic mass is 9.95. The molecular weight excluding hydrogens is 212 g/mol. The molecule has 0 aromatic carbocycles. The predicted molar refractivity (Wildman–Crippen MR) is 65.3 cm³/mol. The van der Waals surface area contributed by atoms with Gasteiger partial charge in [-0.15, -0.1) is 12.4 Å². The quantitative estimate of drug-likeness (QED) is 0.709. The number of hydrogen-bond donors (Lipinski definition) is 2. The number of hydrogen-bond acceptors (Lipinski definition) is 2. The lowest BCUT2D eigenvalue weighted by molar-refractivity contribution is -0.118. The highest BCUT2D eigenvalue weighted by Gasteiger charge is 2.22. The first-order valence-corrected chi connectivity index (χ1v) is 5.29. The number of halogens is 1. The van der Waals surface area contributed by atoms with E-state index in [4.69, 9.17) is 0 Å². The van der Waals surface area contributed by atoms with Crippen LogP contribution in [0.15, 0.2) is 11.6 Å². The molecule has 0 aromatic heterocycles. The Morgan fingerprint density at radius 2 is 2.20 bits per heavy atom. The van der Waals surface area contributed by atoms with Crippen molar-refractivity contribution in [1.82, 2.24) is 10.6 Å². The zero-order valence-electron chi connectivity index (χ0n) is 9.67. The normalized spacial score (nSPS) is 26.7. The first-order valence-electron chi connectivity index (χ1n) is 5.29. The minimum absolute atomic E-state index is 0. The van der Waals surface area contributed by atoms with Crippen molar-refractivity contribution in [3.05, 3.63) is 11.6 Å². The molecule has 88 valence electrons. The largest absolute Gasteiger partial charge is 0.349 e. The van der Waals surface area contributed by atoms with E-state index in [0.717, 1.165) is 25.1 Å². The third-order valence-electron chi connectivity index (χ3n) is 2.89. The van der Waals surface area contributed by atoms with Crippen LogP contribution < -0.4 is 10.6 Å². The van der Waals surface area contributed by atoms with Crippen molar-refractivity contribution in [3.8, 4) is 0 Å². The molecule has 3 nitrogen and oxygen atoms in total. The van der Waals surface area contributed by atoms with E-state index in [-0.39, 0.29) is 18.3 Å². The number of nitrogens with one attached hydrogen (secondary N) is 2. The van der Waals surface area contributed by atoms with Gasteiger partial charge in [-0.05, 0) is 39.3 Å². The lowest BCUT2D eigenvalue weighted by Crippen LogP contribution is -2.48. The van der Waals surface area contributed by atoms with Crippen LogP contribution in [0, 0.1) is 5.92 Å². The Morgan fingerprint density at radius 1 is 1.53 bits per heavy atom. The van der Waals surface area contributed by atoms with Crippen molar-refractivity contribution in [1.29, 1.82) is 0 Å². The number of piperidine rings is 1. The molecule has 0 bridgehead atoms. The molecule has 1 rings (SSSR count). The first kappa shape index (κ1) is 14.5. The van der Waals surface area contributed by atoms with Crippen molar-refractivity contribution in [2.75, 3.05) is 13.1 Å². The highest BCUT2D eigenvalue weighted by Crippen LogP contribution is 2.10. The van der Waals surface area contributed by atoms with Crippen molar-refractivity contribution in [2.45, 2.75) is 33.2 Å². The molecule has 0 aliphatic carbocycles. The molecule has 1 saturated heterocycles. The Balaban J connectivity index is 0.00000196. The monoisotopic (exact) mass is 232 g/mol. The van der Waals surface area contributed by atoms with E-state index < -0.39 is 0 Å². The maximum Gasteiger partial charge on any atom is 0.246 e. The summed E-state index contributed by atoms with van der Waals surface area (Å²) in [5.74, 6) is 0.601. The first-order chi connectivity index (χ1) is 6.65. The van der Waals surface area contributed by atoms with Crippen LogP contribution in [0.2, 0.25) is 0 Å². The summed E-state index contributed by atoms with van der Waals surface area (Å²) in [7, 11) is 0. The minimum Gasteiger partial charge on any atom is -0.349 e. The van der Waals surface area contributed by atoms with E-state index in [1.54, 1.807) is 0 Å². The van der Waals surface area contributed by atoms with Crippen molar-refractivity contribution in [2.24, 2.45) is 5.92 Å². The van der Waals surface area contributed by atoms with Gasteiger partial charge in [-0.25, -0.2) is 0 Å². The Morgan fingerprint density at radius 3 is 2.73 bits per heavy atom. The van der Waals surface area contributed by atoms with Crippen molar-refractivity contribution in [3.63, 3.8) is 0 Å². The third-order valence-corrected chi connectivity index (χ3v) is 2.89. The average molecular weight is 233 g/mol. The third kappa shape index (κ3) is 4.22. The minimum atomic E-state index is 0. The second-order valence-corrected chi connectivity index (χ2v) is 4.02. The van der Waals surface area contributed by atoms with Crippen LogP contribution in [-0.2, 0) is 4.79 Å². The second-order valence-electron chi connectivity index (χ2n) is 4.02. The summed E-state index contributed by atoms with van der Waals surface area (Å²) in [6.45, 7) is 7.91. The van der Waals surface area contributed by atoms with Crippen LogP contribution in [0.5, 0.6) is 0 Å². The molecule has 0 radical (unpaired) electrons. The molecule has 0 aromatic rings. The molecule has 2 atom stereocenters. The van der Waals surface area contributed by atoms with Gasteiger partial charge in [0, 0.05) is 11.6 Å². The van der Waals surface area contributed by atoms with Gasteiger partial charge >= 0.3 is 0 Å². The fourth-order valence-electron chi connectivity index (χ4n) is 1.64. The molecule has 1 amide bonds. The van der Waals surface area contributed by atoms with Crippen LogP contribution in [0.4, 0.5) is 0 Å². The highest BCUT2D eigenvalue weighted by molar-refractivity contribution is 5.92. The molecule has 1 aliphatic rings. The molecule has 2 unspecified atom stereocenters. The molecule has 0 saturated carbocycles. The van der Waals surface area contributed by atoms with Crippen LogP contribution >= 0.6 is 12.4 Å². The molecular formula is C11H21ClN2O. The lowest BCUT2D eigenvalue weighted by Gasteiger charge is -2.30. The number of rotatable bonds is 2. The fraction of sp³-hybridized carbons (Fsp3) is 0.727. The summed E-state index contributed by atoms with van der Waals surface area (Å²) in [5.41, 5.74) is 0.802. The summed E-state index contributed by atoms with van der Waals surface area (Å²) in [4.78, 5) is 11.6. The van der Waals surface area contributed by atoms with Gasteiger partial charge in [-0.3, -0.25) is 4.79 Å². The standard InChI is InChI=1S/C11H20N2O.ClH/c1-4-8(2)11(14)13-10-5-6-12-7-9(10)3;/h4,9-10,12H,5-7H2,1-3H3,(H,13,14);1H/b8-4-;. The van der Waals surface area contributed by atoms with Gasteiger partial charge in [0.15, 0.2) is 0 Å². The van der Waals surface area contributed by atoms with Crippen LogP contribution in [0.1, 0.15) is 27.2 Å². The van der Waals surface area contributed by atoms with E-state index in [1.165, 1.54) is 0 Å². The maximum absolute atomic E-state index is 11.6. The van der Waals surface area contributed by atoms with Gasteiger partial charge in [0.05, 0.1) is 0 Å². The molecule has 15 heavy (non-hydrogen) atoms. The molecule has 1 fully saturated rings. The number of amides is 1. The molecule has 4 heteroatoms. The Bertz CT molecular complexity index is 241. The fourth-order valence-corrected chi connectivity index (χ4v) is 1.64. The van der Waals surface area contributed by atoms with E-state index >= 15 is 0 Å². The van der Waals surface area contributed by atoms with Gasteiger partial charge in [-0.1, -0.05) is 13.0 Å². The number of carbonyl (C=O) groups is 1. The van der Waals surface area contributed by atoms with E-state index in [9.17, 15) is 4.79 Å². The van der Waals surface area contributed by atoms with Crippen LogP contribution in [-0.4, -0.2) is 25.0 Å². The summed E-state index contributed by atoms with van der Waals surface area (Å²) in [5, 5.41) is 6.39. The van der Waals surface area contributed by atoms with Crippen LogP contribution in [0.25, 0.3) is 0 Å². The smallest absolute Gasteiger partial charge is 0.246 e. The molecule has 2 N–H and O–H groups in total. The zero-order valence-corrected chi connectivity index (χ0v) is 10.5.